The summed E-state index contributed by atoms with van der Waals surface area (Å²) in [6.07, 6.45) is 4.19. The fourth-order valence-corrected chi connectivity index (χ4v) is 2.03. The quantitative estimate of drug-likeness (QED) is 0.876. The maximum atomic E-state index is 12.1. The summed E-state index contributed by atoms with van der Waals surface area (Å²) in [4.78, 5) is 12.1. The predicted octanol–water partition coefficient (Wildman–Crippen LogP) is 2.18. The van der Waals surface area contributed by atoms with Crippen molar-refractivity contribution in [1.29, 1.82) is 0 Å². The molecular formula is C15H20N4O. The molecule has 1 heterocycles. The van der Waals surface area contributed by atoms with Gasteiger partial charge in [-0.05, 0) is 30.5 Å². The number of rotatable bonds is 5. The first-order valence-electron chi connectivity index (χ1n) is 6.73. The molecule has 1 aromatic carbocycles. The molecule has 0 aliphatic carbocycles. The van der Waals surface area contributed by atoms with E-state index in [2.05, 4.69) is 10.4 Å². The van der Waals surface area contributed by atoms with Crippen LogP contribution in [0.1, 0.15) is 20.3 Å². The number of amides is 1. The molecule has 0 fully saturated rings. The Labute approximate surface area is 118 Å². The third-order valence-corrected chi connectivity index (χ3v) is 2.98. The van der Waals surface area contributed by atoms with E-state index >= 15 is 0 Å². The zero-order chi connectivity index (χ0) is 14.5. The molecule has 0 bridgehead atoms. The van der Waals surface area contributed by atoms with Gasteiger partial charge in [-0.1, -0.05) is 26.0 Å². The van der Waals surface area contributed by atoms with Crippen molar-refractivity contribution in [2.24, 2.45) is 11.7 Å². The molecule has 106 valence electrons. The summed E-state index contributed by atoms with van der Waals surface area (Å²) in [6.45, 7) is 4.09. The minimum atomic E-state index is -0.499. The van der Waals surface area contributed by atoms with Crippen LogP contribution in [0.4, 0.5) is 5.69 Å². The number of hydrogen-bond acceptors (Lipinski definition) is 3. The molecular weight excluding hydrogens is 252 g/mol. The minimum Gasteiger partial charge on any atom is -0.323 e. The highest BCUT2D eigenvalue weighted by atomic mass is 16.2. The van der Waals surface area contributed by atoms with Crippen LogP contribution < -0.4 is 11.1 Å². The van der Waals surface area contributed by atoms with Gasteiger partial charge in [-0.15, -0.1) is 0 Å². The van der Waals surface area contributed by atoms with Gasteiger partial charge in [-0.3, -0.25) is 4.79 Å². The summed E-state index contributed by atoms with van der Waals surface area (Å²) in [5, 5.41) is 7.06. The molecule has 2 aromatic rings. The van der Waals surface area contributed by atoms with E-state index in [9.17, 15) is 4.79 Å². The molecule has 5 nitrogen and oxygen atoms in total. The zero-order valence-corrected chi connectivity index (χ0v) is 11.8. The van der Waals surface area contributed by atoms with Gasteiger partial charge in [-0.25, -0.2) is 4.68 Å². The zero-order valence-electron chi connectivity index (χ0n) is 11.8. The Balaban J connectivity index is 2.16. The van der Waals surface area contributed by atoms with Gasteiger partial charge >= 0.3 is 0 Å². The van der Waals surface area contributed by atoms with Crippen LogP contribution in [-0.4, -0.2) is 21.7 Å². The normalized spacial score (nSPS) is 12.4. The average Bonchev–Trinajstić information content (AvgIpc) is 2.92. The monoisotopic (exact) mass is 272 g/mol. The van der Waals surface area contributed by atoms with Gasteiger partial charge in [0, 0.05) is 12.4 Å². The summed E-state index contributed by atoms with van der Waals surface area (Å²) < 4.78 is 1.71. The van der Waals surface area contributed by atoms with Crippen LogP contribution in [0.2, 0.25) is 0 Å². The van der Waals surface area contributed by atoms with Crippen molar-refractivity contribution < 1.29 is 4.79 Å². The van der Waals surface area contributed by atoms with E-state index < -0.39 is 6.04 Å². The Bertz CT molecular complexity index is 563. The Morgan fingerprint density at radius 2 is 2.10 bits per heavy atom. The summed E-state index contributed by atoms with van der Waals surface area (Å²) in [7, 11) is 0. The smallest absolute Gasteiger partial charge is 0.241 e. The van der Waals surface area contributed by atoms with E-state index in [-0.39, 0.29) is 5.91 Å². The molecule has 0 spiro atoms. The van der Waals surface area contributed by atoms with E-state index in [0.29, 0.717) is 18.0 Å². The van der Waals surface area contributed by atoms with Crippen LogP contribution >= 0.6 is 0 Å². The van der Waals surface area contributed by atoms with Crippen LogP contribution in [0.25, 0.3) is 5.69 Å². The summed E-state index contributed by atoms with van der Waals surface area (Å²) in [5.74, 6) is 0.218. The maximum Gasteiger partial charge on any atom is 0.241 e. The third-order valence-electron chi connectivity index (χ3n) is 2.98. The standard InChI is InChI=1S/C15H20N4O/c1-11(2)10-12(16)15(20)18-13-6-3-4-7-14(13)19-9-5-8-17-19/h3-9,11-12H,10,16H2,1-2H3,(H,18,20)/t12-/m0/s1. The third kappa shape index (κ3) is 3.45. The Hall–Kier alpha value is -2.14. The SMILES string of the molecule is CC(C)C[C@H](N)C(=O)Nc1ccccc1-n1cccn1. The second-order valence-corrected chi connectivity index (χ2v) is 5.19. The van der Waals surface area contributed by atoms with Crippen LogP contribution in [-0.2, 0) is 4.79 Å². The molecule has 1 aromatic heterocycles. The van der Waals surface area contributed by atoms with Crippen molar-refractivity contribution >= 4 is 11.6 Å². The van der Waals surface area contributed by atoms with Gasteiger partial charge in [0.15, 0.2) is 0 Å². The van der Waals surface area contributed by atoms with Gasteiger partial charge in [0.05, 0.1) is 17.4 Å². The van der Waals surface area contributed by atoms with Crippen molar-refractivity contribution in [2.45, 2.75) is 26.3 Å². The molecule has 5 heteroatoms. The summed E-state index contributed by atoms with van der Waals surface area (Å²) >= 11 is 0. The number of nitrogens with zero attached hydrogens (tertiary/aromatic N) is 2. The van der Waals surface area contributed by atoms with Crippen LogP contribution in [0.3, 0.4) is 0 Å². The molecule has 2 rings (SSSR count). The average molecular weight is 272 g/mol. The number of hydrogen-bond donors (Lipinski definition) is 2. The van der Waals surface area contributed by atoms with Crippen molar-refractivity contribution in [3.8, 4) is 5.69 Å². The van der Waals surface area contributed by atoms with Crippen LogP contribution in [0, 0.1) is 5.92 Å². The van der Waals surface area contributed by atoms with Crippen molar-refractivity contribution in [2.75, 3.05) is 5.32 Å². The highest BCUT2D eigenvalue weighted by molar-refractivity contribution is 5.96. The lowest BCUT2D eigenvalue weighted by molar-refractivity contribution is -0.117. The molecule has 0 saturated heterocycles. The minimum absolute atomic E-state index is 0.168. The first-order valence-corrected chi connectivity index (χ1v) is 6.73. The van der Waals surface area contributed by atoms with E-state index in [0.717, 1.165) is 5.69 Å². The molecule has 1 atom stereocenters. The lowest BCUT2D eigenvalue weighted by Gasteiger charge is -2.16. The number of aromatic nitrogens is 2. The molecule has 3 N–H and O–H groups in total. The number of carbonyl (C=O) groups excluding carboxylic acids is 1. The van der Waals surface area contributed by atoms with Crippen molar-refractivity contribution in [3.05, 3.63) is 42.7 Å². The van der Waals surface area contributed by atoms with Crippen LogP contribution in [0.15, 0.2) is 42.7 Å². The van der Waals surface area contributed by atoms with E-state index in [1.165, 1.54) is 0 Å². The summed E-state index contributed by atoms with van der Waals surface area (Å²) in [5.41, 5.74) is 7.43. The van der Waals surface area contributed by atoms with E-state index in [4.69, 9.17) is 5.73 Å². The number of anilines is 1. The van der Waals surface area contributed by atoms with Crippen molar-refractivity contribution in [3.63, 3.8) is 0 Å². The first-order chi connectivity index (χ1) is 9.58. The fraction of sp³-hybridized carbons (Fsp3) is 0.333. The number of para-hydroxylation sites is 2. The summed E-state index contributed by atoms with van der Waals surface area (Å²) in [6, 6.07) is 8.86. The Kier molecular flexibility index (Phi) is 4.53. The maximum absolute atomic E-state index is 12.1. The highest BCUT2D eigenvalue weighted by Crippen LogP contribution is 2.19. The first kappa shape index (κ1) is 14.3. The number of carbonyl (C=O) groups is 1. The second kappa shape index (κ2) is 6.34. The predicted molar refractivity (Wildman–Crippen MR) is 79.6 cm³/mol. The van der Waals surface area contributed by atoms with E-state index in [1.54, 1.807) is 10.9 Å². The fourth-order valence-electron chi connectivity index (χ4n) is 2.03. The van der Waals surface area contributed by atoms with Gasteiger partial charge < -0.3 is 11.1 Å². The van der Waals surface area contributed by atoms with Gasteiger partial charge in [-0.2, -0.15) is 5.10 Å². The molecule has 0 saturated carbocycles. The number of nitrogens with two attached hydrogens (primary N) is 1. The second-order valence-electron chi connectivity index (χ2n) is 5.19. The molecule has 0 unspecified atom stereocenters. The molecule has 0 aliphatic heterocycles. The topological polar surface area (TPSA) is 72.9 Å². The highest BCUT2D eigenvalue weighted by Gasteiger charge is 2.16. The largest absolute Gasteiger partial charge is 0.323 e. The lowest BCUT2D eigenvalue weighted by Crippen LogP contribution is -2.36. The van der Waals surface area contributed by atoms with Gasteiger partial charge in [0.2, 0.25) is 5.91 Å². The van der Waals surface area contributed by atoms with Gasteiger partial charge in [0.1, 0.15) is 0 Å². The Morgan fingerprint density at radius 1 is 1.35 bits per heavy atom. The molecule has 20 heavy (non-hydrogen) atoms. The molecule has 0 radical (unpaired) electrons. The lowest BCUT2D eigenvalue weighted by atomic mass is 10.0. The van der Waals surface area contributed by atoms with E-state index in [1.807, 2.05) is 50.4 Å². The molecule has 0 aliphatic rings. The number of nitrogens with one attached hydrogen (secondary N) is 1. The Morgan fingerprint density at radius 3 is 2.75 bits per heavy atom. The van der Waals surface area contributed by atoms with Gasteiger partial charge in [0.25, 0.3) is 0 Å². The van der Waals surface area contributed by atoms with Crippen LogP contribution in [0.5, 0.6) is 0 Å². The molecule has 1 amide bonds. The number of benzene rings is 1. The van der Waals surface area contributed by atoms with Crippen molar-refractivity contribution in [1.82, 2.24) is 9.78 Å².